The fraction of sp³-hybridized carbons (Fsp3) is 0.350. The summed E-state index contributed by atoms with van der Waals surface area (Å²) in [7, 11) is -3.31. The SMILES string of the molecule is CCc1ccc(C(NC(=O)C2CNC2)c2cccc(S(C)(=O)=O)c2)cc1.Cl. The molecule has 0 bridgehead atoms. The molecule has 1 aliphatic rings. The van der Waals surface area contributed by atoms with Gasteiger partial charge in [-0.1, -0.05) is 43.3 Å². The van der Waals surface area contributed by atoms with Crippen molar-refractivity contribution in [2.75, 3.05) is 19.3 Å². The minimum atomic E-state index is -3.31. The van der Waals surface area contributed by atoms with Crippen LogP contribution in [0.5, 0.6) is 0 Å². The summed E-state index contributed by atoms with van der Waals surface area (Å²) in [5, 5.41) is 6.19. The summed E-state index contributed by atoms with van der Waals surface area (Å²) in [6.07, 6.45) is 2.13. The average Bonchev–Trinajstić information content (AvgIpc) is 2.58. The Morgan fingerprint density at radius 3 is 2.33 bits per heavy atom. The van der Waals surface area contributed by atoms with E-state index in [9.17, 15) is 13.2 Å². The molecule has 146 valence electrons. The van der Waals surface area contributed by atoms with Gasteiger partial charge in [-0.15, -0.1) is 12.4 Å². The van der Waals surface area contributed by atoms with E-state index in [-0.39, 0.29) is 35.2 Å². The molecule has 0 spiro atoms. The van der Waals surface area contributed by atoms with Gasteiger partial charge in [-0.05, 0) is 35.2 Å². The van der Waals surface area contributed by atoms with Crippen molar-refractivity contribution in [2.45, 2.75) is 24.3 Å². The Kier molecular flexibility index (Phi) is 7.03. The normalized spacial score (nSPS) is 15.3. The molecule has 2 aromatic rings. The zero-order valence-electron chi connectivity index (χ0n) is 15.4. The number of nitrogens with one attached hydrogen (secondary N) is 2. The maximum absolute atomic E-state index is 12.5. The predicted molar refractivity (Wildman–Crippen MR) is 109 cm³/mol. The molecule has 3 rings (SSSR count). The fourth-order valence-electron chi connectivity index (χ4n) is 2.96. The first-order valence-corrected chi connectivity index (χ1v) is 10.7. The number of aryl methyl sites for hydroxylation is 1. The number of hydrogen-bond acceptors (Lipinski definition) is 4. The van der Waals surface area contributed by atoms with E-state index in [1.165, 1.54) is 11.8 Å². The summed E-state index contributed by atoms with van der Waals surface area (Å²) in [4.78, 5) is 12.8. The second-order valence-corrected chi connectivity index (χ2v) is 8.75. The topological polar surface area (TPSA) is 75.3 Å². The second kappa shape index (κ2) is 8.87. The van der Waals surface area contributed by atoms with E-state index in [0.29, 0.717) is 13.1 Å². The molecule has 2 N–H and O–H groups in total. The standard InChI is InChI=1S/C20H24N2O3S.ClH/c1-3-14-7-9-15(10-8-14)19(22-20(23)17-12-21-13-17)16-5-4-6-18(11-16)26(2,24)25;/h4-11,17,19,21H,3,12-13H2,1-2H3,(H,22,23);1H. The summed E-state index contributed by atoms with van der Waals surface area (Å²) in [5.74, 6) is -0.0522. The maximum Gasteiger partial charge on any atom is 0.226 e. The molecule has 1 aliphatic heterocycles. The third-order valence-corrected chi connectivity index (χ3v) is 5.89. The van der Waals surface area contributed by atoms with Gasteiger partial charge >= 0.3 is 0 Å². The number of carbonyl (C=O) groups is 1. The molecular weight excluding hydrogens is 384 g/mol. The lowest BCUT2D eigenvalue weighted by Crippen LogP contribution is -2.51. The summed E-state index contributed by atoms with van der Waals surface area (Å²) < 4.78 is 23.8. The molecule has 27 heavy (non-hydrogen) atoms. The van der Waals surface area contributed by atoms with Crippen LogP contribution in [0.1, 0.15) is 29.7 Å². The third-order valence-electron chi connectivity index (χ3n) is 4.78. The first-order chi connectivity index (χ1) is 12.4. The van der Waals surface area contributed by atoms with Gasteiger partial charge in [-0.2, -0.15) is 0 Å². The molecule has 1 atom stereocenters. The lowest BCUT2D eigenvalue weighted by atomic mass is 9.95. The number of hydrogen-bond donors (Lipinski definition) is 2. The molecule has 0 aromatic heterocycles. The van der Waals surface area contributed by atoms with Crippen molar-refractivity contribution in [1.29, 1.82) is 0 Å². The molecule has 0 aliphatic carbocycles. The lowest BCUT2D eigenvalue weighted by molar-refractivity contribution is -0.126. The van der Waals surface area contributed by atoms with Crippen LogP contribution in [0.2, 0.25) is 0 Å². The second-order valence-electron chi connectivity index (χ2n) is 6.74. The van der Waals surface area contributed by atoms with Crippen molar-refractivity contribution in [3.05, 3.63) is 65.2 Å². The summed E-state index contributed by atoms with van der Waals surface area (Å²) in [6, 6.07) is 14.5. The first-order valence-electron chi connectivity index (χ1n) is 8.78. The Morgan fingerprint density at radius 2 is 1.81 bits per heavy atom. The molecule has 7 heteroatoms. The highest BCUT2D eigenvalue weighted by molar-refractivity contribution is 7.90. The summed E-state index contributed by atoms with van der Waals surface area (Å²) in [5.41, 5.74) is 2.91. The van der Waals surface area contributed by atoms with Crippen LogP contribution in [0.4, 0.5) is 0 Å². The van der Waals surface area contributed by atoms with Gasteiger partial charge in [0, 0.05) is 19.3 Å². The Balaban J connectivity index is 0.00000261. The van der Waals surface area contributed by atoms with Gasteiger partial charge in [0.25, 0.3) is 0 Å². The van der Waals surface area contributed by atoms with Crippen molar-refractivity contribution in [3.63, 3.8) is 0 Å². The van der Waals surface area contributed by atoms with E-state index in [1.54, 1.807) is 18.2 Å². The van der Waals surface area contributed by atoms with Gasteiger partial charge in [0.2, 0.25) is 5.91 Å². The van der Waals surface area contributed by atoms with Crippen LogP contribution in [0, 0.1) is 5.92 Å². The Hall–Kier alpha value is -1.89. The van der Waals surface area contributed by atoms with Crippen molar-refractivity contribution < 1.29 is 13.2 Å². The van der Waals surface area contributed by atoms with Crippen molar-refractivity contribution in [1.82, 2.24) is 10.6 Å². The number of amides is 1. The molecule has 0 saturated carbocycles. The molecule has 1 amide bonds. The number of carbonyl (C=O) groups excluding carboxylic acids is 1. The van der Waals surface area contributed by atoms with Gasteiger partial charge in [0.05, 0.1) is 16.9 Å². The van der Waals surface area contributed by atoms with Gasteiger partial charge in [0.15, 0.2) is 9.84 Å². The molecule has 2 aromatic carbocycles. The van der Waals surface area contributed by atoms with Crippen LogP contribution in [-0.4, -0.2) is 33.7 Å². The van der Waals surface area contributed by atoms with E-state index in [2.05, 4.69) is 17.6 Å². The molecule has 1 unspecified atom stereocenters. The van der Waals surface area contributed by atoms with Gasteiger partial charge in [0.1, 0.15) is 0 Å². The van der Waals surface area contributed by atoms with E-state index < -0.39 is 9.84 Å². The minimum Gasteiger partial charge on any atom is -0.345 e. The molecule has 0 radical (unpaired) electrons. The average molecular weight is 409 g/mol. The molecule has 1 fully saturated rings. The molecule has 5 nitrogen and oxygen atoms in total. The van der Waals surface area contributed by atoms with Gasteiger partial charge in [-0.3, -0.25) is 4.79 Å². The van der Waals surface area contributed by atoms with Gasteiger partial charge in [-0.25, -0.2) is 8.42 Å². The highest BCUT2D eigenvalue weighted by Crippen LogP contribution is 2.25. The van der Waals surface area contributed by atoms with Crippen LogP contribution in [0.15, 0.2) is 53.4 Å². The predicted octanol–water partition coefficient (Wildman–Crippen LogP) is 2.50. The van der Waals surface area contributed by atoms with Gasteiger partial charge < -0.3 is 10.6 Å². The fourth-order valence-corrected chi connectivity index (χ4v) is 3.64. The highest BCUT2D eigenvalue weighted by Gasteiger charge is 2.28. The van der Waals surface area contributed by atoms with Crippen molar-refractivity contribution >= 4 is 28.2 Å². The summed E-state index contributed by atoms with van der Waals surface area (Å²) >= 11 is 0. The van der Waals surface area contributed by atoms with E-state index >= 15 is 0 Å². The van der Waals surface area contributed by atoms with E-state index in [0.717, 1.165) is 17.5 Å². The quantitative estimate of drug-likeness (QED) is 0.770. The Morgan fingerprint density at radius 1 is 1.15 bits per heavy atom. The smallest absolute Gasteiger partial charge is 0.226 e. The van der Waals surface area contributed by atoms with Crippen molar-refractivity contribution in [3.8, 4) is 0 Å². The minimum absolute atomic E-state index is 0. The summed E-state index contributed by atoms with van der Waals surface area (Å²) in [6.45, 7) is 3.45. The third kappa shape index (κ3) is 5.09. The van der Waals surface area contributed by atoms with Crippen LogP contribution < -0.4 is 10.6 Å². The zero-order valence-corrected chi connectivity index (χ0v) is 17.1. The van der Waals surface area contributed by atoms with Crippen LogP contribution in [-0.2, 0) is 21.1 Å². The van der Waals surface area contributed by atoms with E-state index in [1.807, 2.05) is 30.3 Å². The maximum atomic E-state index is 12.5. The molecular formula is C20H25ClN2O3S. The van der Waals surface area contributed by atoms with E-state index in [4.69, 9.17) is 0 Å². The van der Waals surface area contributed by atoms with Crippen LogP contribution >= 0.6 is 12.4 Å². The number of sulfone groups is 1. The zero-order chi connectivity index (χ0) is 18.7. The highest BCUT2D eigenvalue weighted by atomic mass is 35.5. The Bertz CT molecular complexity index is 894. The monoisotopic (exact) mass is 408 g/mol. The first kappa shape index (κ1) is 21.4. The number of rotatable bonds is 6. The molecule has 1 saturated heterocycles. The number of benzene rings is 2. The molecule has 1 heterocycles. The largest absolute Gasteiger partial charge is 0.345 e. The van der Waals surface area contributed by atoms with Crippen LogP contribution in [0.25, 0.3) is 0 Å². The number of halogens is 1. The van der Waals surface area contributed by atoms with Crippen LogP contribution in [0.3, 0.4) is 0 Å². The van der Waals surface area contributed by atoms with Crippen molar-refractivity contribution in [2.24, 2.45) is 5.92 Å². The Labute approximate surface area is 166 Å². The lowest BCUT2D eigenvalue weighted by Gasteiger charge is -2.29.